The first-order valence-electron chi connectivity index (χ1n) is 5.12. The van der Waals surface area contributed by atoms with Crippen LogP contribution >= 0.6 is 23.1 Å². The lowest BCUT2D eigenvalue weighted by atomic mass is 10.3. The molecule has 0 spiro atoms. The summed E-state index contributed by atoms with van der Waals surface area (Å²) in [6.45, 7) is -0.143. The van der Waals surface area contributed by atoms with Crippen molar-refractivity contribution in [2.24, 2.45) is 7.05 Å². The molecule has 2 N–H and O–H groups in total. The van der Waals surface area contributed by atoms with Crippen LogP contribution in [0.3, 0.4) is 0 Å². The monoisotopic (exact) mass is 281 g/mol. The van der Waals surface area contributed by atoms with Crippen LogP contribution < -0.4 is 5.69 Å². The summed E-state index contributed by atoms with van der Waals surface area (Å²) in [5.74, 6) is 6.23. The number of aliphatic hydroxyl groups is 1. The summed E-state index contributed by atoms with van der Waals surface area (Å²) in [6.07, 6.45) is 0. The number of hydrogen-bond donors (Lipinski definition) is 2. The molecule has 0 saturated heterocycles. The molecule has 0 saturated carbocycles. The minimum Gasteiger partial charge on any atom is -0.384 e. The van der Waals surface area contributed by atoms with E-state index in [9.17, 15) is 4.79 Å². The lowest BCUT2D eigenvalue weighted by Gasteiger charge is -1.98. The van der Waals surface area contributed by atoms with Gasteiger partial charge in [-0.2, -0.15) is 0 Å². The summed E-state index contributed by atoms with van der Waals surface area (Å²) in [5, 5.41) is 17.6. The van der Waals surface area contributed by atoms with Gasteiger partial charge in [0.1, 0.15) is 6.61 Å². The third kappa shape index (κ3) is 2.85. The largest absolute Gasteiger partial charge is 0.384 e. The zero-order valence-corrected chi connectivity index (χ0v) is 11.3. The second-order valence-electron chi connectivity index (χ2n) is 3.38. The van der Waals surface area contributed by atoms with Gasteiger partial charge in [-0.25, -0.2) is 9.89 Å². The molecule has 0 aliphatic heterocycles. The number of aromatic nitrogens is 3. The van der Waals surface area contributed by atoms with Crippen molar-refractivity contribution >= 4 is 23.1 Å². The number of rotatable bonds is 3. The molecule has 2 aromatic rings. The smallest absolute Gasteiger partial charge is 0.343 e. The molecule has 0 fully saturated rings. The Morgan fingerprint density at radius 1 is 1.67 bits per heavy atom. The maximum Gasteiger partial charge on any atom is 0.343 e. The molecular formula is C11H11N3O2S2. The van der Waals surface area contributed by atoms with Crippen LogP contribution in [-0.4, -0.2) is 26.5 Å². The van der Waals surface area contributed by atoms with E-state index in [0.717, 1.165) is 10.4 Å². The second kappa shape index (κ2) is 5.91. The third-order valence-electron chi connectivity index (χ3n) is 2.22. The lowest BCUT2D eigenvalue weighted by molar-refractivity contribution is 0.350. The summed E-state index contributed by atoms with van der Waals surface area (Å²) in [7, 11) is 1.68. The summed E-state index contributed by atoms with van der Waals surface area (Å²) in [6, 6.07) is 1.92. The summed E-state index contributed by atoms with van der Waals surface area (Å²) in [5.41, 5.74) is 0.700. The summed E-state index contributed by atoms with van der Waals surface area (Å²) < 4.78 is 1.47. The van der Waals surface area contributed by atoms with Crippen LogP contribution in [-0.2, 0) is 12.8 Å². The van der Waals surface area contributed by atoms with Gasteiger partial charge in [0.15, 0.2) is 5.16 Å². The number of thioether (sulfide) groups is 1. The second-order valence-corrected chi connectivity index (χ2v) is 5.32. The predicted molar refractivity (Wildman–Crippen MR) is 71.7 cm³/mol. The highest BCUT2D eigenvalue weighted by molar-refractivity contribution is 7.98. The lowest BCUT2D eigenvalue weighted by Crippen LogP contribution is -2.12. The van der Waals surface area contributed by atoms with Gasteiger partial charge in [0.2, 0.25) is 0 Å². The van der Waals surface area contributed by atoms with Crippen molar-refractivity contribution < 1.29 is 5.11 Å². The number of aromatic amines is 1. The number of thiophene rings is 1. The van der Waals surface area contributed by atoms with Crippen LogP contribution in [0, 0.1) is 11.8 Å². The van der Waals surface area contributed by atoms with Gasteiger partial charge in [0, 0.05) is 23.2 Å². The molecule has 0 radical (unpaired) electrons. The Hall–Kier alpha value is -1.49. The molecule has 18 heavy (non-hydrogen) atoms. The van der Waals surface area contributed by atoms with E-state index in [1.165, 1.54) is 16.3 Å². The SMILES string of the molecule is Cn1c(SCc2sccc2C#CCO)n[nH]c1=O. The van der Waals surface area contributed by atoms with E-state index in [0.29, 0.717) is 10.9 Å². The van der Waals surface area contributed by atoms with E-state index in [1.807, 2.05) is 11.4 Å². The fraction of sp³-hybridized carbons (Fsp3) is 0.273. The Morgan fingerprint density at radius 2 is 2.50 bits per heavy atom. The normalized spacial score (nSPS) is 10.1. The van der Waals surface area contributed by atoms with Crippen LogP contribution in [0.5, 0.6) is 0 Å². The number of nitrogens with one attached hydrogen (secondary N) is 1. The molecule has 0 atom stereocenters. The summed E-state index contributed by atoms with van der Waals surface area (Å²) in [4.78, 5) is 12.3. The molecule has 0 aromatic carbocycles. The molecule has 0 unspecified atom stereocenters. The Balaban J connectivity index is 2.09. The van der Waals surface area contributed by atoms with Crippen LogP contribution in [0.15, 0.2) is 21.4 Å². The van der Waals surface area contributed by atoms with Crippen LogP contribution in [0.2, 0.25) is 0 Å². The van der Waals surface area contributed by atoms with Gasteiger partial charge in [0.25, 0.3) is 0 Å². The fourth-order valence-corrected chi connectivity index (χ4v) is 3.16. The topological polar surface area (TPSA) is 70.9 Å². The van der Waals surface area contributed by atoms with Gasteiger partial charge in [-0.1, -0.05) is 23.6 Å². The molecule has 0 aliphatic carbocycles. The minimum atomic E-state index is -0.219. The van der Waals surface area contributed by atoms with Gasteiger partial charge < -0.3 is 5.11 Å². The van der Waals surface area contributed by atoms with Crippen molar-refractivity contribution in [2.45, 2.75) is 10.9 Å². The zero-order valence-electron chi connectivity index (χ0n) is 9.64. The third-order valence-corrected chi connectivity index (χ3v) is 4.38. The van der Waals surface area contributed by atoms with Crippen LogP contribution in [0.1, 0.15) is 10.4 Å². The molecule has 0 bridgehead atoms. The predicted octanol–water partition coefficient (Wildman–Crippen LogP) is 0.806. The van der Waals surface area contributed by atoms with Crippen LogP contribution in [0.4, 0.5) is 0 Å². The Labute approximate surface area is 112 Å². The van der Waals surface area contributed by atoms with Gasteiger partial charge in [-0.15, -0.1) is 16.4 Å². The molecule has 0 aliphatic rings. The van der Waals surface area contributed by atoms with Gasteiger partial charge in [-0.05, 0) is 11.4 Å². The highest BCUT2D eigenvalue weighted by atomic mass is 32.2. The Kier molecular flexibility index (Phi) is 4.25. The molecule has 0 amide bonds. The molecule has 7 heteroatoms. The molecule has 5 nitrogen and oxygen atoms in total. The average molecular weight is 281 g/mol. The quantitative estimate of drug-likeness (QED) is 0.645. The van der Waals surface area contributed by atoms with Crippen molar-refractivity contribution in [3.05, 3.63) is 32.4 Å². The van der Waals surface area contributed by atoms with Gasteiger partial charge in [-0.3, -0.25) is 4.57 Å². The van der Waals surface area contributed by atoms with E-state index in [-0.39, 0.29) is 12.3 Å². The Morgan fingerprint density at radius 3 is 3.17 bits per heavy atom. The first-order chi connectivity index (χ1) is 8.72. The van der Waals surface area contributed by atoms with E-state index >= 15 is 0 Å². The standard InChI is InChI=1S/C11H11N3O2S2/c1-14-10(16)12-13-11(14)18-7-9-8(3-2-5-15)4-6-17-9/h4,6,15H,5,7H2,1H3,(H,12,16). The van der Waals surface area contributed by atoms with Crippen molar-refractivity contribution in [2.75, 3.05) is 6.61 Å². The molecule has 2 heterocycles. The number of H-pyrrole nitrogens is 1. The van der Waals surface area contributed by atoms with E-state index in [1.54, 1.807) is 18.4 Å². The fourth-order valence-electron chi connectivity index (χ4n) is 1.29. The molecule has 2 aromatic heterocycles. The van der Waals surface area contributed by atoms with E-state index in [4.69, 9.17) is 5.11 Å². The number of hydrogen-bond acceptors (Lipinski definition) is 5. The van der Waals surface area contributed by atoms with Crippen molar-refractivity contribution in [1.82, 2.24) is 14.8 Å². The number of nitrogens with zero attached hydrogens (tertiary/aromatic N) is 2. The van der Waals surface area contributed by atoms with Gasteiger partial charge in [0.05, 0.1) is 0 Å². The molecule has 2 rings (SSSR count). The number of aliphatic hydroxyl groups excluding tert-OH is 1. The summed E-state index contributed by atoms with van der Waals surface area (Å²) >= 11 is 3.08. The van der Waals surface area contributed by atoms with Crippen LogP contribution in [0.25, 0.3) is 0 Å². The Bertz CT molecular complexity index is 645. The minimum absolute atomic E-state index is 0.143. The highest BCUT2D eigenvalue weighted by Crippen LogP contribution is 2.25. The van der Waals surface area contributed by atoms with Crippen molar-refractivity contribution in [1.29, 1.82) is 0 Å². The van der Waals surface area contributed by atoms with Crippen molar-refractivity contribution in [3.63, 3.8) is 0 Å². The first-order valence-corrected chi connectivity index (χ1v) is 6.99. The zero-order chi connectivity index (χ0) is 13.0. The maximum atomic E-state index is 11.2. The van der Waals surface area contributed by atoms with E-state index < -0.39 is 0 Å². The van der Waals surface area contributed by atoms with Gasteiger partial charge >= 0.3 is 5.69 Å². The first kappa shape index (κ1) is 13.0. The average Bonchev–Trinajstić information content (AvgIpc) is 2.94. The highest BCUT2D eigenvalue weighted by Gasteiger charge is 2.07. The van der Waals surface area contributed by atoms with E-state index in [2.05, 4.69) is 22.0 Å². The maximum absolute atomic E-state index is 11.2. The molecule has 94 valence electrons. The molecular weight excluding hydrogens is 270 g/mol. The van der Waals surface area contributed by atoms with Crippen molar-refractivity contribution in [3.8, 4) is 11.8 Å².